The molecule has 26 heavy (non-hydrogen) atoms. The molecule has 0 aromatic heterocycles. The summed E-state index contributed by atoms with van der Waals surface area (Å²) in [6.45, 7) is 0.595. The van der Waals surface area contributed by atoms with Gasteiger partial charge < -0.3 is 10.1 Å². The first-order chi connectivity index (χ1) is 12.3. The highest BCUT2D eigenvalue weighted by atomic mass is 79.9. The van der Waals surface area contributed by atoms with Crippen molar-refractivity contribution in [1.82, 2.24) is 0 Å². The van der Waals surface area contributed by atoms with Gasteiger partial charge >= 0.3 is 0 Å². The van der Waals surface area contributed by atoms with Gasteiger partial charge in [0.1, 0.15) is 11.0 Å². The zero-order chi connectivity index (χ0) is 18.7. The molecule has 1 heterocycles. The van der Waals surface area contributed by atoms with E-state index in [9.17, 15) is 13.2 Å². The molecule has 1 saturated heterocycles. The highest BCUT2D eigenvalue weighted by Gasteiger charge is 2.23. The molecule has 9 heteroatoms. The van der Waals surface area contributed by atoms with Gasteiger partial charge in [0.15, 0.2) is 0 Å². The van der Waals surface area contributed by atoms with Crippen LogP contribution in [0.15, 0.2) is 51.8 Å². The summed E-state index contributed by atoms with van der Waals surface area (Å²) in [6, 6.07) is 10.9. The lowest BCUT2D eigenvalue weighted by Crippen LogP contribution is -2.26. The first kappa shape index (κ1) is 19.2. The average molecular weight is 460 g/mol. The van der Waals surface area contributed by atoms with Crippen molar-refractivity contribution in [3.8, 4) is 0 Å². The Morgan fingerprint density at radius 3 is 2.46 bits per heavy atom. The van der Waals surface area contributed by atoms with Crippen molar-refractivity contribution in [2.24, 2.45) is 0 Å². The highest BCUT2D eigenvalue weighted by molar-refractivity contribution is 9.10. The Hall–Kier alpha value is -1.61. The van der Waals surface area contributed by atoms with Crippen molar-refractivity contribution >= 4 is 54.8 Å². The predicted octanol–water partition coefficient (Wildman–Crippen LogP) is 4.02. The van der Waals surface area contributed by atoms with Crippen LogP contribution in [-0.4, -0.2) is 27.0 Å². The van der Waals surface area contributed by atoms with E-state index in [0.717, 1.165) is 6.42 Å². The third-order valence-corrected chi connectivity index (χ3v) is 6.17. The second-order valence-electron chi connectivity index (χ2n) is 5.75. The zero-order valence-electron chi connectivity index (χ0n) is 13.5. The summed E-state index contributed by atoms with van der Waals surface area (Å²) in [7, 11) is -3.82. The van der Waals surface area contributed by atoms with Gasteiger partial charge in [-0.1, -0.05) is 27.5 Å². The van der Waals surface area contributed by atoms with E-state index < -0.39 is 16.1 Å². The molecule has 0 spiro atoms. The number of hydrogen-bond acceptors (Lipinski definition) is 4. The van der Waals surface area contributed by atoms with Gasteiger partial charge in [0.05, 0.1) is 5.02 Å². The van der Waals surface area contributed by atoms with E-state index >= 15 is 0 Å². The third kappa shape index (κ3) is 4.56. The second-order valence-corrected chi connectivity index (χ2v) is 8.72. The largest absolute Gasteiger partial charge is 0.368 e. The number of hydrogen-bond donors (Lipinski definition) is 2. The molecule has 138 valence electrons. The minimum Gasteiger partial charge on any atom is -0.368 e. The molecule has 0 saturated carbocycles. The Kier molecular flexibility index (Phi) is 5.86. The standard InChI is InChI=1S/C17H16BrClN2O4S/c18-11-3-8-16(14(19)10-11)26(23,24)21-13-6-4-12(5-7-13)20-17(22)15-2-1-9-25-15/h3-8,10,15,21H,1-2,9H2,(H,20,22)/t15-/m0/s1. The van der Waals surface area contributed by atoms with Gasteiger partial charge in [0.2, 0.25) is 0 Å². The van der Waals surface area contributed by atoms with Crippen molar-refractivity contribution < 1.29 is 17.9 Å². The molecule has 1 fully saturated rings. The van der Waals surface area contributed by atoms with Crippen LogP contribution in [0, 0.1) is 0 Å². The summed E-state index contributed by atoms with van der Waals surface area (Å²) >= 11 is 9.26. The summed E-state index contributed by atoms with van der Waals surface area (Å²) in [6.07, 6.45) is 1.16. The number of nitrogens with one attached hydrogen (secondary N) is 2. The van der Waals surface area contributed by atoms with Gasteiger partial charge in [0, 0.05) is 22.5 Å². The van der Waals surface area contributed by atoms with Crippen LogP contribution in [0.3, 0.4) is 0 Å². The van der Waals surface area contributed by atoms with E-state index in [1.54, 1.807) is 30.3 Å². The van der Waals surface area contributed by atoms with Crippen molar-refractivity contribution in [2.75, 3.05) is 16.6 Å². The van der Waals surface area contributed by atoms with Crippen molar-refractivity contribution in [2.45, 2.75) is 23.8 Å². The Labute approximate surface area is 165 Å². The molecule has 0 unspecified atom stereocenters. The molecule has 0 aliphatic carbocycles. The zero-order valence-corrected chi connectivity index (χ0v) is 16.7. The number of amides is 1. The second kappa shape index (κ2) is 7.96. The lowest BCUT2D eigenvalue weighted by Gasteiger charge is -2.12. The van der Waals surface area contributed by atoms with Crippen LogP contribution in [0.2, 0.25) is 5.02 Å². The Morgan fingerprint density at radius 1 is 1.15 bits per heavy atom. The molecule has 0 bridgehead atoms. The lowest BCUT2D eigenvalue weighted by atomic mass is 10.2. The van der Waals surface area contributed by atoms with E-state index in [2.05, 4.69) is 26.0 Å². The predicted molar refractivity (Wildman–Crippen MR) is 104 cm³/mol. The summed E-state index contributed by atoms with van der Waals surface area (Å²) in [4.78, 5) is 12.0. The maximum absolute atomic E-state index is 12.5. The molecule has 3 rings (SSSR count). The van der Waals surface area contributed by atoms with Gasteiger partial charge in [-0.25, -0.2) is 8.42 Å². The fraction of sp³-hybridized carbons (Fsp3) is 0.235. The molecule has 6 nitrogen and oxygen atoms in total. The number of rotatable bonds is 5. The lowest BCUT2D eigenvalue weighted by molar-refractivity contribution is -0.124. The van der Waals surface area contributed by atoms with Crippen molar-refractivity contribution in [3.05, 3.63) is 52.0 Å². The molecule has 1 atom stereocenters. The monoisotopic (exact) mass is 458 g/mol. The number of sulfonamides is 1. The van der Waals surface area contributed by atoms with Gasteiger partial charge in [-0.15, -0.1) is 0 Å². The molecule has 1 amide bonds. The molecule has 1 aliphatic heterocycles. The molecular weight excluding hydrogens is 444 g/mol. The van der Waals surface area contributed by atoms with E-state index in [4.69, 9.17) is 16.3 Å². The van der Waals surface area contributed by atoms with Crippen LogP contribution in [0.1, 0.15) is 12.8 Å². The maximum Gasteiger partial charge on any atom is 0.263 e. The number of carbonyl (C=O) groups excluding carboxylic acids is 1. The Bertz CT molecular complexity index is 913. The fourth-order valence-corrected chi connectivity index (χ4v) is 4.63. The van der Waals surface area contributed by atoms with Crippen molar-refractivity contribution in [3.63, 3.8) is 0 Å². The van der Waals surface area contributed by atoms with Crippen LogP contribution in [-0.2, 0) is 19.6 Å². The van der Waals surface area contributed by atoms with Crippen LogP contribution in [0.4, 0.5) is 11.4 Å². The first-order valence-electron chi connectivity index (χ1n) is 7.85. The summed E-state index contributed by atoms with van der Waals surface area (Å²) in [5.74, 6) is -0.197. The van der Waals surface area contributed by atoms with Crippen LogP contribution in [0.25, 0.3) is 0 Å². The minimum atomic E-state index is -3.82. The minimum absolute atomic E-state index is 0.0156. The van der Waals surface area contributed by atoms with E-state index in [1.807, 2.05) is 0 Å². The highest BCUT2D eigenvalue weighted by Crippen LogP contribution is 2.27. The number of benzene rings is 2. The molecule has 2 aromatic rings. The van der Waals surface area contributed by atoms with Crippen molar-refractivity contribution in [1.29, 1.82) is 0 Å². The number of halogens is 2. The molecule has 2 N–H and O–H groups in total. The third-order valence-electron chi connectivity index (χ3n) is 3.81. The smallest absolute Gasteiger partial charge is 0.263 e. The molecular formula is C17H16BrClN2O4S. The van der Waals surface area contributed by atoms with Gasteiger partial charge in [-0.2, -0.15) is 0 Å². The first-order valence-corrected chi connectivity index (χ1v) is 10.5. The van der Waals surface area contributed by atoms with E-state index in [1.165, 1.54) is 12.1 Å². The normalized spacial score (nSPS) is 17.1. The van der Waals surface area contributed by atoms with Crippen LogP contribution >= 0.6 is 27.5 Å². The summed E-state index contributed by atoms with van der Waals surface area (Å²) < 4.78 is 33.4. The average Bonchev–Trinajstić information content (AvgIpc) is 3.10. The van der Waals surface area contributed by atoms with Crippen LogP contribution in [0.5, 0.6) is 0 Å². The molecule has 0 radical (unpaired) electrons. The quantitative estimate of drug-likeness (QED) is 0.707. The fourth-order valence-electron chi connectivity index (χ4n) is 2.53. The van der Waals surface area contributed by atoms with Crippen LogP contribution < -0.4 is 10.0 Å². The van der Waals surface area contributed by atoms with Gasteiger partial charge in [-0.3, -0.25) is 9.52 Å². The topological polar surface area (TPSA) is 84.5 Å². The van der Waals surface area contributed by atoms with E-state index in [0.29, 0.717) is 28.9 Å². The summed E-state index contributed by atoms with van der Waals surface area (Å²) in [5.41, 5.74) is 0.925. The molecule has 2 aromatic carbocycles. The number of carbonyl (C=O) groups is 1. The van der Waals surface area contributed by atoms with Gasteiger partial charge in [0.25, 0.3) is 15.9 Å². The van der Waals surface area contributed by atoms with Gasteiger partial charge in [-0.05, 0) is 55.3 Å². The SMILES string of the molecule is O=C(Nc1ccc(NS(=O)(=O)c2ccc(Br)cc2Cl)cc1)[C@@H]1CCCO1. The number of anilines is 2. The number of ether oxygens (including phenoxy) is 1. The molecule has 1 aliphatic rings. The van der Waals surface area contributed by atoms with E-state index in [-0.39, 0.29) is 15.8 Å². The Balaban J connectivity index is 1.69. The summed E-state index contributed by atoms with van der Waals surface area (Å²) in [5, 5.41) is 2.87. The Morgan fingerprint density at radius 2 is 1.85 bits per heavy atom. The maximum atomic E-state index is 12.5.